The first-order chi connectivity index (χ1) is 36.8. The molecule has 0 atom stereocenters. The summed E-state index contributed by atoms with van der Waals surface area (Å²) < 4.78 is 0. The highest BCUT2D eigenvalue weighted by Gasteiger charge is 2.25. The van der Waals surface area contributed by atoms with Crippen LogP contribution in [0.4, 0.5) is 34.1 Å². The Morgan fingerprint density at radius 2 is 0.405 bits per heavy atom. The molecule has 14 aromatic rings. The Bertz CT molecular complexity index is 3830. The van der Waals surface area contributed by atoms with E-state index in [0.717, 1.165) is 22.7 Å². The summed E-state index contributed by atoms with van der Waals surface area (Å²) in [4.78, 5) is 4.79. The highest BCUT2D eigenvalue weighted by Crippen LogP contribution is 2.51. The first-order valence-corrected chi connectivity index (χ1v) is 25.4. The van der Waals surface area contributed by atoms with Crippen molar-refractivity contribution in [2.24, 2.45) is 0 Å². The quantitative estimate of drug-likeness (QED) is 0.111. The second-order valence-corrected chi connectivity index (χ2v) is 18.8. The molecule has 0 saturated heterocycles. The summed E-state index contributed by atoms with van der Waals surface area (Å²) in [5.41, 5.74) is 12.0. The zero-order chi connectivity index (χ0) is 49.2. The number of benzene rings is 14. The number of nitrogens with zero attached hydrogens (tertiary/aromatic N) is 2. The summed E-state index contributed by atoms with van der Waals surface area (Å²) in [6.07, 6.45) is 0. The van der Waals surface area contributed by atoms with Crippen LogP contribution in [0.5, 0.6) is 0 Å². The number of hydrogen-bond donors (Lipinski definition) is 0. The molecule has 14 aromatic carbocycles. The predicted octanol–water partition coefficient (Wildman–Crippen LogP) is 20.6. The standard InChI is InChI=1S/C38H28N2.C34H22/c1-5-17-29(18-6-1)39(30-19-7-2-8-20-30)37-33-25-13-15-27-35(33)38(36-28-16-14-26-34(36)37)40(31-21-9-3-10-22-31)32-23-11-4-12-24-32;1-3-11-25-21-27(19-17-23(25)9-1)33-29-13-5-7-15-31(29)34(32-16-8-6-14-30(32)33)28-20-18-24-10-2-4-12-26(24)22-28/h1-28H;1-22H. The molecule has 0 heterocycles. The summed E-state index contributed by atoms with van der Waals surface area (Å²) >= 11 is 0. The van der Waals surface area contributed by atoms with E-state index in [1.54, 1.807) is 0 Å². The largest absolute Gasteiger partial charge is 0.309 e. The highest BCUT2D eigenvalue weighted by atomic mass is 15.2. The summed E-state index contributed by atoms with van der Waals surface area (Å²) in [5, 5.41) is 15.0. The summed E-state index contributed by atoms with van der Waals surface area (Å²) in [6.45, 7) is 0. The topological polar surface area (TPSA) is 6.48 Å². The van der Waals surface area contributed by atoms with Crippen molar-refractivity contribution in [1.82, 2.24) is 0 Å². The molecule has 0 bridgehead atoms. The van der Waals surface area contributed by atoms with Crippen molar-refractivity contribution in [3.05, 3.63) is 303 Å². The number of anilines is 6. The van der Waals surface area contributed by atoms with Crippen LogP contribution in [0.15, 0.2) is 303 Å². The number of para-hydroxylation sites is 4. The average molecular weight is 943 g/mol. The van der Waals surface area contributed by atoms with Crippen molar-refractivity contribution < 1.29 is 0 Å². The molecule has 0 saturated carbocycles. The molecular formula is C72H50N2. The fraction of sp³-hybridized carbons (Fsp3) is 0. The smallest absolute Gasteiger partial charge is 0.0619 e. The fourth-order valence-corrected chi connectivity index (χ4v) is 11.1. The maximum absolute atomic E-state index is 2.39. The lowest BCUT2D eigenvalue weighted by Crippen LogP contribution is -2.14. The van der Waals surface area contributed by atoms with Crippen LogP contribution in [0.25, 0.3) is 86.9 Å². The van der Waals surface area contributed by atoms with E-state index in [9.17, 15) is 0 Å². The van der Waals surface area contributed by atoms with Crippen LogP contribution in [-0.2, 0) is 0 Å². The molecule has 0 radical (unpaired) electrons. The van der Waals surface area contributed by atoms with Gasteiger partial charge in [-0.05, 0) is 126 Å². The van der Waals surface area contributed by atoms with Gasteiger partial charge < -0.3 is 9.80 Å². The number of hydrogen-bond acceptors (Lipinski definition) is 2. The molecule has 0 fully saturated rings. The fourth-order valence-electron chi connectivity index (χ4n) is 11.1. The molecule has 0 N–H and O–H groups in total. The van der Waals surface area contributed by atoms with Gasteiger partial charge in [0.2, 0.25) is 0 Å². The average Bonchev–Trinajstić information content (AvgIpc) is 3.48. The zero-order valence-corrected chi connectivity index (χ0v) is 40.8. The third-order valence-electron chi connectivity index (χ3n) is 14.4. The normalized spacial score (nSPS) is 11.2. The first kappa shape index (κ1) is 44.2. The van der Waals surface area contributed by atoms with Gasteiger partial charge in [-0.2, -0.15) is 0 Å². The summed E-state index contributed by atoms with van der Waals surface area (Å²) in [6, 6.07) is 109. The maximum Gasteiger partial charge on any atom is 0.0619 e. The molecule has 74 heavy (non-hydrogen) atoms. The van der Waals surface area contributed by atoms with E-state index in [1.807, 2.05) is 0 Å². The van der Waals surface area contributed by atoms with E-state index in [-0.39, 0.29) is 0 Å². The molecule has 0 aromatic heterocycles. The molecule has 2 nitrogen and oxygen atoms in total. The van der Waals surface area contributed by atoms with Gasteiger partial charge in [0.1, 0.15) is 0 Å². The Morgan fingerprint density at radius 3 is 0.689 bits per heavy atom. The monoisotopic (exact) mass is 942 g/mol. The van der Waals surface area contributed by atoms with Crippen molar-refractivity contribution in [2.45, 2.75) is 0 Å². The van der Waals surface area contributed by atoms with Gasteiger partial charge in [0.15, 0.2) is 0 Å². The van der Waals surface area contributed by atoms with Crippen molar-refractivity contribution >= 4 is 98.8 Å². The van der Waals surface area contributed by atoms with Crippen molar-refractivity contribution in [3.8, 4) is 22.3 Å². The van der Waals surface area contributed by atoms with Crippen LogP contribution >= 0.6 is 0 Å². The molecule has 0 aliphatic carbocycles. The van der Waals surface area contributed by atoms with Gasteiger partial charge in [-0.25, -0.2) is 0 Å². The molecular weight excluding hydrogens is 893 g/mol. The zero-order valence-electron chi connectivity index (χ0n) is 40.8. The van der Waals surface area contributed by atoms with Gasteiger partial charge in [-0.15, -0.1) is 0 Å². The van der Waals surface area contributed by atoms with Crippen LogP contribution in [0.2, 0.25) is 0 Å². The third kappa shape index (κ3) is 8.05. The molecule has 0 spiro atoms. The lowest BCUT2D eigenvalue weighted by Gasteiger charge is -2.32. The predicted molar refractivity (Wildman–Crippen MR) is 318 cm³/mol. The highest BCUT2D eigenvalue weighted by molar-refractivity contribution is 6.24. The molecule has 0 unspecified atom stereocenters. The lowest BCUT2D eigenvalue weighted by atomic mass is 9.85. The van der Waals surface area contributed by atoms with Crippen LogP contribution in [0.3, 0.4) is 0 Å². The minimum atomic E-state index is 1.12. The molecule has 2 heteroatoms. The van der Waals surface area contributed by atoms with Gasteiger partial charge in [-0.3, -0.25) is 0 Å². The second kappa shape index (κ2) is 19.4. The van der Waals surface area contributed by atoms with Crippen molar-refractivity contribution in [3.63, 3.8) is 0 Å². The minimum Gasteiger partial charge on any atom is -0.309 e. The Morgan fingerprint density at radius 1 is 0.176 bits per heavy atom. The van der Waals surface area contributed by atoms with Crippen LogP contribution < -0.4 is 9.80 Å². The second-order valence-electron chi connectivity index (χ2n) is 18.8. The van der Waals surface area contributed by atoms with Gasteiger partial charge in [0.25, 0.3) is 0 Å². The van der Waals surface area contributed by atoms with E-state index in [1.165, 1.54) is 98.3 Å². The molecule has 0 aliphatic rings. The van der Waals surface area contributed by atoms with Gasteiger partial charge in [-0.1, -0.05) is 243 Å². The SMILES string of the molecule is c1ccc(N(c2ccccc2)c2c3ccccc3c(N(c3ccccc3)c3ccccc3)c3ccccc23)cc1.c1ccc2cc(-c3c4ccccc4c(-c4ccc5ccccc5c4)c4ccccc34)ccc2c1. The van der Waals surface area contributed by atoms with E-state index < -0.39 is 0 Å². The number of rotatable bonds is 8. The number of fused-ring (bicyclic) bond motifs is 6. The van der Waals surface area contributed by atoms with Crippen LogP contribution in [0.1, 0.15) is 0 Å². The third-order valence-corrected chi connectivity index (χ3v) is 14.4. The molecule has 348 valence electrons. The van der Waals surface area contributed by atoms with Crippen LogP contribution in [0, 0.1) is 0 Å². The Kier molecular flexibility index (Phi) is 11.6. The molecule has 0 amide bonds. The maximum atomic E-state index is 2.39. The minimum absolute atomic E-state index is 1.12. The Hall–Kier alpha value is -9.76. The van der Waals surface area contributed by atoms with Gasteiger partial charge in [0, 0.05) is 44.3 Å². The van der Waals surface area contributed by atoms with Crippen LogP contribution in [-0.4, -0.2) is 0 Å². The molecule has 14 rings (SSSR count). The molecule has 0 aliphatic heterocycles. The summed E-state index contributed by atoms with van der Waals surface area (Å²) in [5.74, 6) is 0. The van der Waals surface area contributed by atoms with Gasteiger partial charge in [0.05, 0.1) is 11.4 Å². The summed E-state index contributed by atoms with van der Waals surface area (Å²) in [7, 11) is 0. The van der Waals surface area contributed by atoms with E-state index in [2.05, 4.69) is 313 Å². The van der Waals surface area contributed by atoms with Crippen molar-refractivity contribution in [1.29, 1.82) is 0 Å². The van der Waals surface area contributed by atoms with E-state index in [4.69, 9.17) is 0 Å². The van der Waals surface area contributed by atoms with E-state index in [0.29, 0.717) is 0 Å². The van der Waals surface area contributed by atoms with Crippen molar-refractivity contribution in [2.75, 3.05) is 9.80 Å². The Balaban J connectivity index is 0.000000145. The Labute approximate surface area is 431 Å². The van der Waals surface area contributed by atoms with E-state index >= 15 is 0 Å². The van der Waals surface area contributed by atoms with Gasteiger partial charge >= 0.3 is 0 Å². The first-order valence-electron chi connectivity index (χ1n) is 25.4. The lowest BCUT2D eigenvalue weighted by molar-refractivity contribution is 1.29.